The largest absolute Gasteiger partial charge is 0.507 e. The average Bonchev–Trinajstić information content (AvgIpc) is 2.82. The van der Waals surface area contributed by atoms with Crippen LogP contribution in [0, 0.1) is 0 Å². The first-order valence-electron chi connectivity index (χ1n) is 11.4. The number of ether oxygens (including phenoxy) is 1. The van der Waals surface area contributed by atoms with E-state index in [2.05, 4.69) is 17.0 Å². The second-order valence-corrected chi connectivity index (χ2v) is 8.21. The molecule has 7 heteroatoms. The van der Waals surface area contributed by atoms with Crippen LogP contribution in [0.25, 0.3) is 6.08 Å². The lowest BCUT2D eigenvalue weighted by Gasteiger charge is -2.11. The number of nitrogens with one attached hydrogen (secondary N) is 1. The number of aromatic hydroxyl groups is 1. The topological polar surface area (TPSA) is 106 Å². The molecule has 0 radical (unpaired) electrons. The van der Waals surface area contributed by atoms with Crippen LogP contribution in [0.3, 0.4) is 0 Å². The summed E-state index contributed by atoms with van der Waals surface area (Å²) < 4.78 is 9.82. The summed E-state index contributed by atoms with van der Waals surface area (Å²) in [6.45, 7) is 5.60. The third-order valence-corrected chi connectivity index (χ3v) is 5.47. The molecule has 1 atom stereocenters. The Labute approximate surface area is 200 Å². The molecule has 0 aliphatic carbocycles. The van der Waals surface area contributed by atoms with Crippen LogP contribution in [0.4, 0.5) is 4.79 Å². The zero-order valence-electron chi connectivity index (χ0n) is 20.2. The predicted octanol–water partition coefficient (Wildman–Crippen LogP) is 5.73. The molecule has 182 valence electrons. The number of methoxy groups -OCH3 is 1. The van der Waals surface area contributed by atoms with E-state index in [9.17, 15) is 19.5 Å². The second kappa shape index (κ2) is 13.2. The van der Waals surface area contributed by atoms with Gasteiger partial charge in [-0.05, 0) is 55.4 Å². The molecule has 0 saturated heterocycles. The van der Waals surface area contributed by atoms with Gasteiger partial charge in [-0.2, -0.15) is 0 Å². The van der Waals surface area contributed by atoms with Crippen LogP contribution in [0.2, 0.25) is 0 Å². The zero-order valence-corrected chi connectivity index (χ0v) is 20.2. The summed E-state index contributed by atoms with van der Waals surface area (Å²) >= 11 is 0. The normalized spacial score (nSPS) is 12.5. The van der Waals surface area contributed by atoms with Crippen LogP contribution in [0.5, 0.6) is 5.75 Å². The Hall–Kier alpha value is -3.61. The van der Waals surface area contributed by atoms with E-state index in [-0.39, 0.29) is 17.2 Å². The van der Waals surface area contributed by atoms with Crippen molar-refractivity contribution in [3.63, 3.8) is 0 Å². The molecule has 34 heavy (non-hydrogen) atoms. The molecule has 0 aliphatic heterocycles. The third-order valence-electron chi connectivity index (χ3n) is 5.47. The minimum absolute atomic E-state index is 0.187. The van der Waals surface area contributed by atoms with Gasteiger partial charge in [0.15, 0.2) is 5.78 Å². The molecule has 1 amide bonds. The molecule has 0 saturated carbocycles. The fourth-order valence-electron chi connectivity index (χ4n) is 3.38. The second-order valence-electron chi connectivity index (χ2n) is 8.21. The first-order valence-corrected chi connectivity index (χ1v) is 11.4. The molecule has 0 spiro atoms. The number of alkyl carbamates (subject to hydrolysis) is 1. The number of hydrogen-bond acceptors (Lipinski definition) is 6. The van der Waals surface area contributed by atoms with Gasteiger partial charge >= 0.3 is 11.7 Å². The number of amides is 1. The van der Waals surface area contributed by atoms with Crippen molar-refractivity contribution < 1.29 is 23.8 Å². The summed E-state index contributed by atoms with van der Waals surface area (Å²) in [4.78, 5) is 36.4. The molecular formula is C27H33NO6. The van der Waals surface area contributed by atoms with Crippen LogP contribution < -0.4 is 10.9 Å². The van der Waals surface area contributed by atoms with Crippen molar-refractivity contribution in [2.24, 2.45) is 0 Å². The fraction of sp³-hybridized carbons (Fsp3) is 0.370. The number of Topliss-reactive ketones (excluding diaryl/α,β-unsaturated/α-hetero) is 1. The summed E-state index contributed by atoms with van der Waals surface area (Å²) in [5, 5.41) is 12.9. The monoisotopic (exact) mass is 467 g/mol. The number of allylic oxidation sites excluding steroid dienone is 2. The molecule has 0 bridgehead atoms. The number of hydrogen-bond donors (Lipinski definition) is 2. The maximum Gasteiger partial charge on any atom is 0.410 e. The van der Waals surface area contributed by atoms with Gasteiger partial charge in [0.25, 0.3) is 0 Å². The number of rotatable bonds is 11. The van der Waals surface area contributed by atoms with E-state index in [0.29, 0.717) is 18.4 Å². The standard InChI is InChI=1S/C27H33NO6/c1-5-6-10-20-11-13-21(14-12-20)16-19(3)25(30)24-22(29)17-23(34-26(24)31)18(2)9-7-8-15-28-27(32)33-4/h8,11-18,29H,5-7,9-10H2,1-4H3,(H,28,32)/b15-8+,19-16+. The molecule has 0 aliphatic rings. The highest BCUT2D eigenvalue weighted by Gasteiger charge is 2.22. The Kier molecular flexibility index (Phi) is 10.3. The first kappa shape index (κ1) is 26.6. The van der Waals surface area contributed by atoms with E-state index >= 15 is 0 Å². The van der Waals surface area contributed by atoms with Gasteiger partial charge in [0, 0.05) is 18.2 Å². The van der Waals surface area contributed by atoms with Gasteiger partial charge in [-0.3, -0.25) is 10.1 Å². The first-order chi connectivity index (χ1) is 16.3. The highest BCUT2D eigenvalue weighted by atomic mass is 16.5. The number of aryl methyl sites for hydroxylation is 1. The molecule has 2 rings (SSSR count). The van der Waals surface area contributed by atoms with Crippen LogP contribution in [-0.4, -0.2) is 24.1 Å². The van der Waals surface area contributed by atoms with Crippen molar-refractivity contribution in [3.8, 4) is 5.75 Å². The van der Waals surface area contributed by atoms with Gasteiger partial charge in [0.05, 0.1) is 7.11 Å². The van der Waals surface area contributed by atoms with E-state index in [1.807, 2.05) is 31.2 Å². The highest BCUT2D eigenvalue weighted by Crippen LogP contribution is 2.26. The van der Waals surface area contributed by atoms with Gasteiger partial charge in [-0.25, -0.2) is 9.59 Å². The summed E-state index contributed by atoms with van der Waals surface area (Å²) in [5.41, 5.74) is 1.17. The zero-order chi connectivity index (χ0) is 25.1. The number of benzene rings is 1. The molecule has 2 N–H and O–H groups in total. The van der Waals surface area contributed by atoms with Crippen molar-refractivity contribution in [1.82, 2.24) is 5.32 Å². The van der Waals surface area contributed by atoms with E-state index < -0.39 is 23.3 Å². The van der Waals surface area contributed by atoms with Crippen LogP contribution >= 0.6 is 0 Å². The molecule has 0 fully saturated rings. The lowest BCUT2D eigenvalue weighted by atomic mass is 9.99. The van der Waals surface area contributed by atoms with E-state index in [1.54, 1.807) is 19.1 Å². The van der Waals surface area contributed by atoms with Crippen LogP contribution in [0.1, 0.15) is 79.6 Å². The van der Waals surface area contributed by atoms with Gasteiger partial charge in [0.2, 0.25) is 0 Å². The van der Waals surface area contributed by atoms with Crippen molar-refractivity contribution in [2.45, 2.75) is 58.8 Å². The lowest BCUT2D eigenvalue weighted by Crippen LogP contribution is -2.16. The Morgan fingerprint density at radius 2 is 1.94 bits per heavy atom. The number of unbranched alkanes of at least 4 members (excludes halogenated alkanes) is 1. The number of ketones is 1. The maximum atomic E-state index is 12.9. The van der Waals surface area contributed by atoms with Crippen molar-refractivity contribution in [3.05, 3.63) is 81.1 Å². The Morgan fingerprint density at radius 3 is 2.56 bits per heavy atom. The smallest absolute Gasteiger partial charge is 0.410 e. The molecule has 2 aromatic rings. The minimum Gasteiger partial charge on any atom is -0.507 e. The third kappa shape index (κ3) is 7.76. The minimum atomic E-state index is -0.864. The fourth-order valence-corrected chi connectivity index (χ4v) is 3.38. The summed E-state index contributed by atoms with van der Waals surface area (Å²) in [6, 6.07) is 9.25. The van der Waals surface area contributed by atoms with Gasteiger partial charge < -0.3 is 14.3 Å². The highest BCUT2D eigenvalue weighted by molar-refractivity contribution is 6.12. The maximum absolute atomic E-state index is 12.9. The summed E-state index contributed by atoms with van der Waals surface area (Å²) in [6.07, 6.45) is 8.81. The number of carbonyl (C=O) groups excluding carboxylic acids is 2. The molecular weight excluding hydrogens is 434 g/mol. The van der Waals surface area contributed by atoms with Crippen LogP contribution in [0.15, 0.2) is 57.4 Å². The van der Waals surface area contributed by atoms with Crippen molar-refractivity contribution >= 4 is 18.0 Å². The molecule has 1 heterocycles. The van der Waals surface area contributed by atoms with Gasteiger partial charge in [0.1, 0.15) is 17.1 Å². The molecule has 1 unspecified atom stereocenters. The Morgan fingerprint density at radius 1 is 1.24 bits per heavy atom. The SMILES string of the molecule is CCCCc1ccc(/C=C(\C)C(=O)c2c(O)cc(C(C)CC/C=C/NC(=O)OC)oc2=O)cc1. The van der Waals surface area contributed by atoms with E-state index in [4.69, 9.17) is 4.42 Å². The Balaban J connectivity index is 2.09. The van der Waals surface area contributed by atoms with Crippen molar-refractivity contribution in [1.29, 1.82) is 0 Å². The quantitative estimate of drug-likeness (QED) is 0.323. The molecule has 7 nitrogen and oxygen atoms in total. The Bertz CT molecular complexity index is 1100. The number of carbonyl (C=O) groups is 2. The van der Waals surface area contributed by atoms with E-state index in [1.165, 1.54) is 24.9 Å². The summed E-state index contributed by atoms with van der Waals surface area (Å²) in [7, 11) is 1.27. The van der Waals surface area contributed by atoms with Crippen molar-refractivity contribution in [2.75, 3.05) is 7.11 Å². The van der Waals surface area contributed by atoms with Gasteiger partial charge in [-0.1, -0.05) is 50.6 Å². The van der Waals surface area contributed by atoms with Gasteiger partial charge in [-0.15, -0.1) is 0 Å². The lowest BCUT2D eigenvalue weighted by molar-refractivity contribution is 0.102. The average molecular weight is 468 g/mol. The van der Waals surface area contributed by atoms with Crippen LogP contribution in [-0.2, 0) is 11.2 Å². The molecule has 1 aromatic carbocycles. The van der Waals surface area contributed by atoms with E-state index in [0.717, 1.165) is 24.8 Å². The predicted molar refractivity (Wildman–Crippen MR) is 132 cm³/mol. The summed E-state index contributed by atoms with van der Waals surface area (Å²) in [5.74, 6) is -0.864. The molecule has 1 aromatic heterocycles.